The summed E-state index contributed by atoms with van der Waals surface area (Å²) in [6.45, 7) is 0.628. The Labute approximate surface area is 176 Å². The minimum atomic E-state index is -0.0866. The van der Waals surface area contributed by atoms with E-state index in [0.717, 1.165) is 42.5 Å². The molecule has 158 valence electrons. The quantitative estimate of drug-likeness (QED) is 0.495. The molecule has 0 aliphatic heterocycles. The average Bonchev–Trinajstić information content (AvgIpc) is 3.22. The number of benzene rings is 2. The molecule has 2 amide bonds. The van der Waals surface area contributed by atoms with Crippen LogP contribution in [0.4, 0.5) is 11.7 Å². The van der Waals surface area contributed by atoms with Crippen molar-refractivity contribution in [1.82, 2.24) is 15.6 Å². The zero-order valence-electron chi connectivity index (χ0n) is 17.5. The van der Waals surface area contributed by atoms with E-state index in [0.29, 0.717) is 24.5 Å². The highest BCUT2D eigenvalue weighted by Crippen LogP contribution is 2.26. The van der Waals surface area contributed by atoms with Crippen molar-refractivity contribution in [2.75, 3.05) is 25.5 Å². The van der Waals surface area contributed by atoms with Gasteiger partial charge in [0.2, 0.25) is 5.91 Å². The summed E-state index contributed by atoms with van der Waals surface area (Å²) < 4.78 is 5.79. The number of rotatable bonds is 10. The first-order valence-corrected chi connectivity index (χ1v) is 10.3. The van der Waals surface area contributed by atoms with Crippen molar-refractivity contribution in [2.45, 2.75) is 32.1 Å². The van der Waals surface area contributed by atoms with Gasteiger partial charge in [0.05, 0.1) is 0 Å². The number of carbonyl (C=O) groups excluding carboxylic acids is 2. The summed E-state index contributed by atoms with van der Waals surface area (Å²) in [5.41, 5.74) is 3.05. The highest BCUT2D eigenvalue weighted by atomic mass is 16.4. The standard InChI is InChI=1S/C23H28N4O3/c1-24-21(28)11-5-3-4-8-16-25-22(29)17-12-14-18(15-13-17)27(2)23-26-19-9-6-7-10-20(19)30-23/h6-7,9-10,12-15H,3-5,8,11,16H2,1-2H3,(H,24,28)(H,25,29). The van der Waals surface area contributed by atoms with Crippen LogP contribution in [-0.2, 0) is 4.79 Å². The molecule has 0 spiro atoms. The molecule has 0 aliphatic rings. The van der Waals surface area contributed by atoms with Crippen molar-refractivity contribution in [3.05, 3.63) is 54.1 Å². The fraction of sp³-hybridized carbons (Fsp3) is 0.348. The molecule has 3 aromatic rings. The summed E-state index contributed by atoms with van der Waals surface area (Å²) in [5.74, 6) is -0.00933. The summed E-state index contributed by atoms with van der Waals surface area (Å²) in [4.78, 5) is 29.8. The molecule has 0 unspecified atom stereocenters. The van der Waals surface area contributed by atoms with Crippen molar-refractivity contribution in [3.8, 4) is 0 Å². The topological polar surface area (TPSA) is 87.5 Å². The van der Waals surface area contributed by atoms with Gasteiger partial charge in [0, 0.05) is 38.3 Å². The van der Waals surface area contributed by atoms with Crippen LogP contribution in [0.25, 0.3) is 11.1 Å². The number of fused-ring (bicyclic) bond motifs is 1. The molecule has 7 nitrogen and oxygen atoms in total. The Morgan fingerprint density at radius 3 is 2.47 bits per heavy atom. The van der Waals surface area contributed by atoms with Gasteiger partial charge < -0.3 is 15.1 Å². The second-order valence-electron chi connectivity index (χ2n) is 7.16. The second-order valence-corrected chi connectivity index (χ2v) is 7.16. The number of anilines is 2. The van der Waals surface area contributed by atoms with E-state index in [1.54, 1.807) is 19.2 Å². The molecular weight excluding hydrogens is 380 g/mol. The van der Waals surface area contributed by atoms with Crippen LogP contribution in [0.3, 0.4) is 0 Å². The lowest BCUT2D eigenvalue weighted by Gasteiger charge is -2.14. The SMILES string of the molecule is CNC(=O)CCCCCCNC(=O)c1ccc(N(C)c2nc3ccccc3o2)cc1. The van der Waals surface area contributed by atoms with E-state index in [4.69, 9.17) is 4.42 Å². The first kappa shape index (κ1) is 21.4. The molecule has 0 atom stereocenters. The highest BCUT2D eigenvalue weighted by molar-refractivity contribution is 5.94. The van der Waals surface area contributed by atoms with Gasteiger partial charge in [-0.15, -0.1) is 0 Å². The third kappa shape index (κ3) is 5.59. The van der Waals surface area contributed by atoms with E-state index >= 15 is 0 Å². The Balaban J connectivity index is 1.45. The first-order valence-electron chi connectivity index (χ1n) is 10.3. The van der Waals surface area contributed by atoms with Gasteiger partial charge in [-0.3, -0.25) is 14.5 Å². The van der Waals surface area contributed by atoms with Crippen LogP contribution in [-0.4, -0.2) is 37.4 Å². The molecule has 0 saturated carbocycles. The fourth-order valence-corrected chi connectivity index (χ4v) is 3.14. The number of hydrogen-bond donors (Lipinski definition) is 2. The summed E-state index contributed by atoms with van der Waals surface area (Å²) >= 11 is 0. The summed E-state index contributed by atoms with van der Waals surface area (Å²) in [6.07, 6.45) is 4.32. The highest BCUT2D eigenvalue weighted by Gasteiger charge is 2.13. The molecule has 3 rings (SSSR count). The number of aromatic nitrogens is 1. The predicted octanol–water partition coefficient (Wildman–Crippen LogP) is 4.02. The minimum absolute atomic E-state index is 0.0773. The Morgan fingerprint density at radius 2 is 1.73 bits per heavy atom. The normalized spacial score (nSPS) is 10.7. The van der Waals surface area contributed by atoms with Gasteiger partial charge >= 0.3 is 6.01 Å². The molecule has 1 heterocycles. The van der Waals surface area contributed by atoms with Gasteiger partial charge in [-0.25, -0.2) is 0 Å². The Bertz CT molecular complexity index is 949. The van der Waals surface area contributed by atoms with Gasteiger partial charge in [-0.2, -0.15) is 4.98 Å². The third-order valence-corrected chi connectivity index (χ3v) is 4.98. The number of unbranched alkanes of at least 4 members (excludes halogenated alkanes) is 3. The number of nitrogens with zero attached hydrogens (tertiary/aromatic N) is 2. The van der Waals surface area contributed by atoms with Gasteiger partial charge in [-0.05, 0) is 49.2 Å². The number of nitrogens with one attached hydrogen (secondary N) is 2. The first-order chi connectivity index (χ1) is 14.6. The number of oxazole rings is 1. The number of para-hydroxylation sites is 2. The van der Waals surface area contributed by atoms with Crippen LogP contribution >= 0.6 is 0 Å². The van der Waals surface area contributed by atoms with Crippen molar-refractivity contribution in [2.24, 2.45) is 0 Å². The molecule has 2 aromatic carbocycles. The molecular formula is C23H28N4O3. The van der Waals surface area contributed by atoms with E-state index in [2.05, 4.69) is 15.6 Å². The molecule has 0 bridgehead atoms. The van der Waals surface area contributed by atoms with Gasteiger partial charge in [0.15, 0.2) is 5.58 Å². The maximum Gasteiger partial charge on any atom is 0.302 e. The molecule has 0 radical (unpaired) electrons. The third-order valence-electron chi connectivity index (χ3n) is 4.98. The number of amides is 2. The van der Waals surface area contributed by atoms with Crippen LogP contribution in [0.5, 0.6) is 0 Å². The van der Waals surface area contributed by atoms with Crippen LogP contribution in [0.15, 0.2) is 52.9 Å². The van der Waals surface area contributed by atoms with E-state index in [9.17, 15) is 9.59 Å². The van der Waals surface area contributed by atoms with Crippen molar-refractivity contribution >= 4 is 34.6 Å². The lowest BCUT2D eigenvalue weighted by Crippen LogP contribution is -2.24. The molecule has 7 heteroatoms. The lowest BCUT2D eigenvalue weighted by atomic mass is 10.1. The molecule has 0 saturated heterocycles. The number of carbonyl (C=O) groups is 2. The summed E-state index contributed by atoms with van der Waals surface area (Å²) in [5, 5.41) is 5.56. The lowest BCUT2D eigenvalue weighted by molar-refractivity contribution is -0.120. The maximum absolute atomic E-state index is 12.3. The molecule has 1 aromatic heterocycles. The average molecular weight is 409 g/mol. The van der Waals surface area contributed by atoms with Crippen LogP contribution in [0, 0.1) is 0 Å². The van der Waals surface area contributed by atoms with Crippen LogP contribution < -0.4 is 15.5 Å². The van der Waals surface area contributed by atoms with Crippen molar-refractivity contribution in [3.63, 3.8) is 0 Å². The summed E-state index contributed by atoms with van der Waals surface area (Å²) in [7, 11) is 3.53. The van der Waals surface area contributed by atoms with E-state index in [1.165, 1.54) is 0 Å². The summed E-state index contributed by atoms with van der Waals surface area (Å²) in [6, 6.07) is 15.5. The molecule has 30 heavy (non-hydrogen) atoms. The predicted molar refractivity (Wildman–Crippen MR) is 118 cm³/mol. The Morgan fingerprint density at radius 1 is 1.00 bits per heavy atom. The van der Waals surface area contributed by atoms with Gasteiger partial charge in [0.1, 0.15) is 5.52 Å². The smallest absolute Gasteiger partial charge is 0.302 e. The molecule has 0 fully saturated rings. The molecule has 0 aliphatic carbocycles. The maximum atomic E-state index is 12.3. The van der Waals surface area contributed by atoms with Crippen LogP contribution in [0.1, 0.15) is 42.5 Å². The van der Waals surface area contributed by atoms with E-state index in [1.807, 2.05) is 48.3 Å². The second kappa shape index (κ2) is 10.4. The molecule has 2 N–H and O–H groups in total. The number of hydrogen-bond acceptors (Lipinski definition) is 5. The van der Waals surface area contributed by atoms with Crippen molar-refractivity contribution in [1.29, 1.82) is 0 Å². The Kier molecular flexibility index (Phi) is 7.43. The fourth-order valence-electron chi connectivity index (χ4n) is 3.14. The zero-order valence-corrected chi connectivity index (χ0v) is 17.5. The zero-order chi connectivity index (χ0) is 21.3. The van der Waals surface area contributed by atoms with Crippen LogP contribution in [0.2, 0.25) is 0 Å². The van der Waals surface area contributed by atoms with Crippen molar-refractivity contribution < 1.29 is 14.0 Å². The van der Waals surface area contributed by atoms with E-state index in [-0.39, 0.29) is 11.8 Å². The van der Waals surface area contributed by atoms with E-state index < -0.39 is 0 Å². The largest absolute Gasteiger partial charge is 0.423 e. The Hall–Kier alpha value is -3.35. The minimum Gasteiger partial charge on any atom is -0.423 e. The monoisotopic (exact) mass is 408 g/mol. The van der Waals surface area contributed by atoms with Gasteiger partial charge in [-0.1, -0.05) is 25.0 Å². The van der Waals surface area contributed by atoms with Gasteiger partial charge in [0.25, 0.3) is 5.91 Å².